The van der Waals surface area contributed by atoms with Gasteiger partial charge in [-0.25, -0.2) is 4.98 Å². The van der Waals surface area contributed by atoms with Gasteiger partial charge in [-0.3, -0.25) is 14.0 Å². The van der Waals surface area contributed by atoms with Gasteiger partial charge in [0.2, 0.25) is 0 Å². The summed E-state index contributed by atoms with van der Waals surface area (Å²) in [7, 11) is 0. The van der Waals surface area contributed by atoms with Crippen molar-refractivity contribution in [2.75, 3.05) is 6.61 Å². The average molecular weight is 334 g/mol. The molecule has 4 rings (SSSR count). The molecule has 0 fully saturated rings. The number of hydrogen-bond acceptors (Lipinski definition) is 6. The van der Waals surface area contributed by atoms with E-state index in [2.05, 4.69) is 4.98 Å². The van der Waals surface area contributed by atoms with E-state index in [9.17, 15) is 9.59 Å². The van der Waals surface area contributed by atoms with E-state index in [1.807, 2.05) is 5.38 Å². The molecule has 3 heterocycles. The van der Waals surface area contributed by atoms with E-state index in [4.69, 9.17) is 4.74 Å². The summed E-state index contributed by atoms with van der Waals surface area (Å²) in [6.07, 6.45) is 3.21. The zero-order valence-corrected chi connectivity index (χ0v) is 13.7. The Balaban J connectivity index is 1.92. The van der Waals surface area contributed by atoms with E-state index in [0.29, 0.717) is 17.3 Å². The van der Waals surface area contributed by atoms with Crippen molar-refractivity contribution in [3.8, 4) is 0 Å². The molecule has 0 atom stereocenters. The van der Waals surface area contributed by atoms with Crippen LogP contribution in [0.2, 0.25) is 0 Å². The maximum atomic E-state index is 12.9. The lowest BCUT2D eigenvalue weighted by atomic mass is 10.2. The van der Waals surface area contributed by atoms with Crippen molar-refractivity contribution in [2.45, 2.75) is 32.6 Å². The largest absolute Gasteiger partial charge is 0.466 e. The van der Waals surface area contributed by atoms with E-state index in [-0.39, 0.29) is 17.9 Å². The molecule has 5 nitrogen and oxygen atoms in total. The average Bonchev–Trinajstić information content (AvgIpc) is 3.13. The molecule has 0 spiro atoms. The van der Waals surface area contributed by atoms with Crippen LogP contribution in [0.25, 0.3) is 15.2 Å². The minimum Gasteiger partial charge on any atom is -0.466 e. The molecule has 1 aliphatic rings. The quantitative estimate of drug-likeness (QED) is 0.691. The lowest BCUT2D eigenvalue weighted by molar-refractivity contribution is -0.142. The SMILES string of the molecule is CCOC(=O)Cc1csc2nc3sc4c(c3c(=O)n12)CCC4. The number of fused-ring (bicyclic) bond motifs is 4. The first-order valence-corrected chi connectivity index (χ1v) is 8.97. The maximum Gasteiger partial charge on any atom is 0.311 e. The fraction of sp³-hybridized carbons (Fsp3) is 0.400. The standard InChI is InChI=1S/C15H14N2O3S2/c1-2-20-11(18)6-8-7-21-15-16-13-12(14(19)17(8)15)9-4-3-5-10(9)22-13/h7H,2-6H2,1H3. The fourth-order valence-corrected chi connectivity index (χ4v) is 5.20. The van der Waals surface area contributed by atoms with Crippen LogP contribution < -0.4 is 5.56 Å². The summed E-state index contributed by atoms with van der Waals surface area (Å²) in [5.41, 5.74) is 1.79. The first-order valence-electron chi connectivity index (χ1n) is 7.28. The number of carbonyl (C=O) groups excluding carboxylic acids is 1. The van der Waals surface area contributed by atoms with E-state index >= 15 is 0 Å². The Morgan fingerprint density at radius 2 is 2.32 bits per heavy atom. The molecular weight excluding hydrogens is 320 g/mol. The first-order chi connectivity index (χ1) is 10.7. The third-order valence-electron chi connectivity index (χ3n) is 3.93. The Labute approximate surface area is 134 Å². The van der Waals surface area contributed by atoms with Crippen LogP contribution in [-0.4, -0.2) is 22.0 Å². The van der Waals surface area contributed by atoms with Crippen molar-refractivity contribution in [2.24, 2.45) is 0 Å². The second-order valence-corrected chi connectivity index (χ2v) is 7.20. The number of rotatable bonds is 3. The predicted octanol–water partition coefficient (Wildman–Crippen LogP) is 2.57. The van der Waals surface area contributed by atoms with Gasteiger partial charge in [-0.2, -0.15) is 0 Å². The smallest absolute Gasteiger partial charge is 0.311 e. The van der Waals surface area contributed by atoms with Gasteiger partial charge in [-0.05, 0) is 31.7 Å². The molecule has 0 amide bonds. The predicted molar refractivity (Wildman–Crippen MR) is 87.1 cm³/mol. The van der Waals surface area contributed by atoms with Gasteiger partial charge in [-0.15, -0.1) is 22.7 Å². The molecule has 0 unspecified atom stereocenters. The van der Waals surface area contributed by atoms with Crippen LogP contribution in [0.4, 0.5) is 0 Å². The highest BCUT2D eigenvalue weighted by Crippen LogP contribution is 2.35. The van der Waals surface area contributed by atoms with Gasteiger partial charge in [0.1, 0.15) is 4.83 Å². The molecule has 1 aliphatic carbocycles. The number of esters is 1. The third kappa shape index (κ3) is 1.99. The van der Waals surface area contributed by atoms with Crippen molar-refractivity contribution in [1.29, 1.82) is 0 Å². The van der Waals surface area contributed by atoms with E-state index in [1.165, 1.54) is 21.8 Å². The highest BCUT2D eigenvalue weighted by atomic mass is 32.1. The minimum absolute atomic E-state index is 0.0417. The number of aryl methyl sites for hydroxylation is 2. The molecule has 0 saturated carbocycles. The number of carbonyl (C=O) groups is 1. The van der Waals surface area contributed by atoms with E-state index in [0.717, 1.165) is 29.5 Å². The summed E-state index contributed by atoms with van der Waals surface area (Å²) in [6.45, 7) is 2.12. The summed E-state index contributed by atoms with van der Waals surface area (Å²) in [4.78, 5) is 32.0. The van der Waals surface area contributed by atoms with Crippen LogP contribution in [0.5, 0.6) is 0 Å². The normalized spacial score (nSPS) is 13.9. The number of thiazole rings is 1. The van der Waals surface area contributed by atoms with Crippen LogP contribution in [-0.2, 0) is 28.8 Å². The van der Waals surface area contributed by atoms with E-state index in [1.54, 1.807) is 22.7 Å². The van der Waals surface area contributed by atoms with Crippen LogP contribution in [0.3, 0.4) is 0 Å². The fourth-order valence-electron chi connectivity index (χ4n) is 3.01. The summed E-state index contributed by atoms with van der Waals surface area (Å²) in [6, 6.07) is 0. The Morgan fingerprint density at radius 3 is 3.14 bits per heavy atom. The van der Waals surface area contributed by atoms with Gasteiger partial charge in [-0.1, -0.05) is 0 Å². The molecule has 114 valence electrons. The van der Waals surface area contributed by atoms with Crippen molar-refractivity contribution in [3.05, 3.63) is 31.9 Å². The molecule has 0 N–H and O–H groups in total. The summed E-state index contributed by atoms with van der Waals surface area (Å²) in [5, 5.41) is 2.57. The summed E-state index contributed by atoms with van der Waals surface area (Å²) >= 11 is 3.03. The molecule has 0 aromatic carbocycles. The number of ether oxygens (including phenoxy) is 1. The Kier molecular flexibility index (Phi) is 3.27. The Bertz CT molecular complexity index is 951. The van der Waals surface area contributed by atoms with Crippen molar-refractivity contribution >= 4 is 43.8 Å². The van der Waals surface area contributed by atoms with Gasteiger partial charge in [0.25, 0.3) is 5.56 Å². The number of nitrogens with zero attached hydrogens (tertiary/aromatic N) is 2. The highest BCUT2D eigenvalue weighted by Gasteiger charge is 2.23. The molecule has 22 heavy (non-hydrogen) atoms. The number of aromatic nitrogens is 2. The summed E-state index contributed by atoms with van der Waals surface area (Å²) < 4.78 is 6.56. The topological polar surface area (TPSA) is 60.7 Å². The van der Waals surface area contributed by atoms with E-state index < -0.39 is 0 Å². The maximum absolute atomic E-state index is 12.9. The third-order valence-corrected chi connectivity index (χ3v) is 5.99. The van der Waals surface area contributed by atoms with Gasteiger partial charge >= 0.3 is 5.97 Å². The second kappa shape index (κ2) is 5.17. The molecule has 0 saturated heterocycles. The van der Waals surface area contributed by atoms with Crippen LogP contribution in [0.1, 0.15) is 29.5 Å². The zero-order chi connectivity index (χ0) is 15.3. The van der Waals surface area contributed by atoms with Crippen molar-refractivity contribution < 1.29 is 9.53 Å². The highest BCUT2D eigenvalue weighted by molar-refractivity contribution is 7.19. The first kappa shape index (κ1) is 13.9. The van der Waals surface area contributed by atoms with Crippen molar-refractivity contribution in [1.82, 2.24) is 9.38 Å². The Morgan fingerprint density at radius 1 is 1.45 bits per heavy atom. The zero-order valence-electron chi connectivity index (χ0n) is 12.0. The number of hydrogen-bond donors (Lipinski definition) is 0. The summed E-state index contributed by atoms with van der Waals surface area (Å²) in [5.74, 6) is -0.315. The number of thiophene rings is 1. The Hall–Kier alpha value is -1.73. The molecule has 0 aliphatic heterocycles. The van der Waals surface area contributed by atoms with Gasteiger partial charge in [0.05, 0.1) is 18.4 Å². The molecular formula is C15H14N2O3S2. The monoisotopic (exact) mass is 334 g/mol. The lowest BCUT2D eigenvalue weighted by Gasteiger charge is -2.02. The molecule has 0 radical (unpaired) electrons. The van der Waals surface area contributed by atoms with Crippen LogP contribution >= 0.6 is 22.7 Å². The molecule has 7 heteroatoms. The second-order valence-electron chi connectivity index (χ2n) is 5.28. The lowest BCUT2D eigenvalue weighted by Crippen LogP contribution is -2.18. The van der Waals surface area contributed by atoms with Gasteiger partial charge in [0.15, 0.2) is 4.96 Å². The minimum atomic E-state index is -0.315. The molecule has 3 aromatic rings. The molecule has 3 aromatic heterocycles. The van der Waals surface area contributed by atoms with Crippen LogP contribution in [0, 0.1) is 0 Å². The van der Waals surface area contributed by atoms with Gasteiger partial charge < -0.3 is 4.74 Å². The van der Waals surface area contributed by atoms with Crippen LogP contribution in [0.15, 0.2) is 10.2 Å². The van der Waals surface area contributed by atoms with Crippen molar-refractivity contribution in [3.63, 3.8) is 0 Å². The van der Waals surface area contributed by atoms with Gasteiger partial charge in [0, 0.05) is 16.0 Å². The molecule has 0 bridgehead atoms.